The van der Waals surface area contributed by atoms with Gasteiger partial charge in [0.05, 0.1) is 6.61 Å². The quantitative estimate of drug-likeness (QED) is 0.504. The van der Waals surface area contributed by atoms with Gasteiger partial charge in [-0.05, 0) is 42.9 Å². The first-order valence-electron chi connectivity index (χ1n) is 8.97. The van der Waals surface area contributed by atoms with Crippen LogP contribution in [0, 0.1) is 17.9 Å². The number of ether oxygens (including phenoxy) is 1. The van der Waals surface area contributed by atoms with Gasteiger partial charge in [0, 0.05) is 0 Å². The molecule has 0 aromatic heterocycles. The molecule has 0 bridgehead atoms. The predicted molar refractivity (Wildman–Crippen MR) is 89.6 cm³/mol. The number of benzene rings is 1. The Bertz CT molecular complexity index is 351. The van der Waals surface area contributed by atoms with Crippen LogP contribution in [0.5, 0.6) is 5.75 Å². The maximum Gasteiger partial charge on any atom is 0.119 e. The molecular weight excluding hydrogens is 256 g/mol. The van der Waals surface area contributed by atoms with E-state index in [0.717, 1.165) is 24.2 Å². The summed E-state index contributed by atoms with van der Waals surface area (Å²) < 4.78 is 5.89. The average molecular weight is 287 g/mol. The summed E-state index contributed by atoms with van der Waals surface area (Å²) in [6, 6.07) is 10.9. The highest BCUT2D eigenvalue weighted by Gasteiger charge is 2.21. The van der Waals surface area contributed by atoms with Crippen LogP contribution in [-0.2, 0) is 0 Å². The standard InChI is InChI=1S/C20H31O/c1-2-3-4-5-7-10-18-13-15-19(16-14-18)17-21-20-11-8-6-9-12-20/h8-9,11-12,18-19H,2-5,7,10,13-17H2,1H3/t18-,19-. The Labute approximate surface area is 131 Å². The predicted octanol–water partition coefficient (Wildman–Crippen LogP) is 6.03. The Hall–Kier alpha value is -0.980. The molecule has 21 heavy (non-hydrogen) atoms. The zero-order chi connectivity index (χ0) is 14.8. The molecule has 1 radical (unpaired) electrons. The Balaban J connectivity index is 1.54. The van der Waals surface area contributed by atoms with Crippen molar-refractivity contribution in [3.8, 4) is 5.75 Å². The Kier molecular flexibility index (Phi) is 7.70. The topological polar surface area (TPSA) is 9.23 Å². The molecule has 0 spiro atoms. The summed E-state index contributed by atoms with van der Waals surface area (Å²) in [5.74, 6) is 2.76. The van der Waals surface area contributed by atoms with Gasteiger partial charge in [0.2, 0.25) is 0 Å². The molecule has 1 aliphatic carbocycles. The summed E-state index contributed by atoms with van der Waals surface area (Å²) in [5, 5.41) is 0. The largest absolute Gasteiger partial charge is 0.493 e. The number of hydrogen-bond donors (Lipinski definition) is 0. The minimum absolute atomic E-state index is 0.769. The molecule has 2 rings (SSSR count). The Morgan fingerprint density at radius 3 is 2.33 bits per heavy atom. The van der Waals surface area contributed by atoms with Gasteiger partial charge in [-0.2, -0.15) is 0 Å². The zero-order valence-electron chi connectivity index (χ0n) is 13.7. The van der Waals surface area contributed by atoms with Gasteiger partial charge < -0.3 is 4.74 Å². The van der Waals surface area contributed by atoms with E-state index in [1.54, 1.807) is 0 Å². The van der Waals surface area contributed by atoms with Gasteiger partial charge in [-0.1, -0.05) is 70.4 Å². The first-order valence-corrected chi connectivity index (χ1v) is 8.97. The lowest BCUT2D eigenvalue weighted by Crippen LogP contribution is -2.20. The maximum atomic E-state index is 5.89. The van der Waals surface area contributed by atoms with E-state index in [0.29, 0.717) is 0 Å². The molecule has 1 aromatic carbocycles. The van der Waals surface area contributed by atoms with E-state index in [1.165, 1.54) is 64.2 Å². The van der Waals surface area contributed by atoms with E-state index in [9.17, 15) is 0 Å². The number of hydrogen-bond acceptors (Lipinski definition) is 1. The van der Waals surface area contributed by atoms with Crippen molar-refractivity contribution in [1.82, 2.24) is 0 Å². The SMILES string of the molecule is CCCCCCC[C@H]1CC[C@H](COc2cc[c]cc2)CC1. The van der Waals surface area contributed by atoms with E-state index in [4.69, 9.17) is 4.74 Å². The van der Waals surface area contributed by atoms with Crippen molar-refractivity contribution in [2.45, 2.75) is 71.1 Å². The summed E-state index contributed by atoms with van der Waals surface area (Å²) in [4.78, 5) is 0. The van der Waals surface area contributed by atoms with Crippen LogP contribution in [0.3, 0.4) is 0 Å². The first kappa shape index (κ1) is 16.4. The van der Waals surface area contributed by atoms with E-state index in [-0.39, 0.29) is 0 Å². The average Bonchev–Trinajstić information content (AvgIpc) is 2.55. The third-order valence-corrected chi connectivity index (χ3v) is 4.86. The fraction of sp³-hybridized carbons (Fsp3) is 0.700. The van der Waals surface area contributed by atoms with Crippen LogP contribution in [-0.4, -0.2) is 6.61 Å². The second-order valence-corrected chi connectivity index (χ2v) is 6.64. The van der Waals surface area contributed by atoms with Gasteiger partial charge in [0.15, 0.2) is 0 Å². The molecule has 1 aromatic rings. The van der Waals surface area contributed by atoms with Gasteiger partial charge in [-0.15, -0.1) is 0 Å². The van der Waals surface area contributed by atoms with Gasteiger partial charge in [-0.25, -0.2) is 0 Å². The van der Waals surface area contributed by atoms with Gasteiger partial charge >= 0.3 is 0 Å². The molecule has 1 aliphatic rings. The lowest BCUT2D eigenvalue weighted by atomic mass is 9.80. The summed E-state index contributed by atoms with van der Waals surface area (Å²) in [6.45, 7) is 3.18. The molecule has 117 valence electrons. The highest BCUT2D eigenvalue weighted by molar-refractivity contribution is 5.20. The highest BCUT2D eigenvalue weighted by atomic mass is 16.5. The van der Waals surface area contributed by atoms with Crippen LogP contribution < -0.4 is 4.74 Å². The van der Waals surface area contributed by atoms with E-state index < -0.39 is 0 Å². The van der Waals surface area contributed by atoms with Crippen molar-refractivity contribution in [1.29, 1.82) is 0 Å². The molecule has 0 N–H and O–H groups in total. The normalized spacial score (nSPS) is 22.1. The molecule has 0 heterocycles. The van der Waals surface area contributed by atoms with Crippen molar-refractivity contribution in [2.75, 3.05) is 6.61 Å². The summed E-state index contributed by atoms with van der Waals surface area (Å²) in [6.07, 6.45) is 14.1. The highest BCUT2D eigenvalue weighted by Crippen LogP contribution is 2.32. The van der Waals surface area contributed by atoms with E-state index >= 15 is 0 Å². The Morgan fingerprint density at radius 2 is 1.62 bits per heavy atom. The molecular formula is C20H31O. The van der Waals surface area contributed by atoms with Gasteiger partial charge in [0.1, 0.15) is 5.75 Å². The summed E-state index contributed by atoms with van der Waals surface area (Å²) >= 11 is 0. The first-order chi connectivity index (χ1) is 10.4. The monoisotopic (exact) mass is 287 g/mol. The molecule has 1 nitrogen and oxygen atoms in total. The van der Waals surface area contributed by atoms with Gasteiger partial charge in [-0.3, -0.25) is 0 Å². The minimum atomic E-state index is 0.769. The van der Waals surface area contributed by atoms with Crippen molar-refractivity contribution < 1.29 is 4.74 Å². The molecule has 0 atom stereocenters. The van der Waals surface area contributed by atoms with E-state index in [1.807, 2.05) is 24.3 Å². The van der Waals surface area contributed by atoms with Crippen LogP contribution >= 0.6 is 0 Å². The fourth-order valence-corrected chi connectivity index (χ4v) is 3.41. The van der Waals surface area contributed by atoms with Gasteiger partial charge in [0.25, 0.3) is 0 Å². The minimum Gasteiger partial charge on any atom is -0.493 e. The maximum absolute atomic E-state index is 5.89. The Morgan fingerprint density at radius 1 is 0.952 bits per heavy atom. The second kappa shape index (κ2) is 9.87. The molecule has 0 amide bonds. The van der Waals surface area contributed by atoms with Crippen LogP contribution in [0.2, 0.25) is 0 Å². The van der Waals surface area contributed by atoms with Crippen LogP contribution in [0.1, 0.15) is 71.1 Å². The van der Waals surface area contributed by atoms with Crippen molar-refractivity contribution in [3.63, 3.8) is 0 Å². The summed E-state index contributed by atoms with van der Waals surface area (Å²) in [5.41, 5.74) is 0. The van der Waals surface area contributed by atoms with Crippen LogP contribution in [0.15, 0.2) is 24.3 Å². The van der Waals surface area contributed by atoms with Crippen molar-refractivity contribution >= 4 is 0 Å². The molecule has 1 heteroatoms. The molecule has 1 saturated carbocycles. The fourth-order valence-electron chi connectivity index (χ4n) is 3.41. The number of rotatable bonds is 9. The lowest BCUT2D eigenvalue weighted by Gasteiger charge is -2.28. The van der Waals surface area contributed by atoms with Crippen molar-refractivity contribution in [3.05, 3.63) is 30.3 Å². The zero-order valence-corrected chi connectivity index (χ0v) is 13.7. The third kappa shape index (κ3) is 6.54. The van der Waals surface area contributed by atoms with E-state index in [2.05, 4.69) is 13.0 Å². The third-order valence-electron chi connectivity index (χ3n) is 4.86. The molecule has 1 fully saturated rings. The second-order valence-electron chi connectivity index (χ2n) is 6.64. The lowest BCUT2D eigenvalue weighted by molar-refractivity contribution is 0.177. The molecule has 0 unspecified atom stereocenters. The van der Waals surface area contributed by atoms with Crippen LogP contribution in [0.25, 0.3) is 0 Å². The molecule has 0 aliphatic heterocycles. The van der Waals surface area contributed by atoms with Crippen LogP contribution in [0.4, 0.5) is 0 Å². The molecule has 0 saturated heterocycles. The summed E-state index contributed by atoms with van der Waals surface area (Å²) in [7, 11) is 0. The number of unbranched alkanes of at least 4 members (excludes halogenated alkanes) is 4. The smallest absolute Gasteiger partial charge is 0.119 e. The van der Waals surface area contributed by atoms with Crippen molar-refractivity contribution in [2.24, 2.45) is 11.8 Å².